The standard InChI is InChI=1S/C21H24N4O2S/c1-13(2)25-12-23-20(15(25)4)21(27-10-9-19(22)26)24-14(3)17-11-28-18-8-6-5-7-16(17)18/h5-8,11-13H,3,9-10H2,1-2,4H3,(H2,22,26)/b24-21+. The first-order valence-electron chi connectivity index (χ1n) is 9.07. The maximum atomic E-state index is 11.1. The number of imidazole rings is 1. The van der Waals surface area contributed by atoms with Gasteiger partial charge in [0, 0.05) is 32.8 Å². The van der Waals surface area contributed by atoms with E-state index in [1.807, 2.05) is 35.1 Å². The van der Waals surface area contributed by atoms with Crippen LogP contribution < -0.4 is 5.73 Å². The minimum absolute atomic E-state index is 0.108. The molecule has 2 heterocycles. The molecule has 0 spiro atoms. The van der Waals surface area contributed by atoms with E-state index in [1.54, 1.807) is 17.7 Å². The van der Waals surface area contributed by atoms with E-state index in [1.165, 1.54) is 4.70 Å². The summed E-state index contributed by atoms with van der Waals surface area (Å²) >= 11 is 1.65. The predicted molar refractivity (Wildman–Crippen MR) is 115 cm³/mol. The number of aromatic nitrogens is 2. The van der Waals surface area contributed by atoms with Crippen LogP contribution in [0.5, 0.6) is 0 Å². The number of hydrogen-bond acceptors (Lipinski definition) is 5. The number of primary amides is 1. The van der Waals surface area contributed by atoms with Gasteiger partial charge in [0.15, 0.2) is 0 Å². The van der Waals surface area contributed by atoms with Gasteiger partial charge in [-0.1, -0.05) is 24.8 Å². The second-order valence-corrected chi connectivity index (χ2v) is 7.66. The molecule has 0 atom stereocenters. The van der Waals surface area contributed by atoms with Gasteiger partial charge in [0.2, 0.25) is 11.8 Å². The number of nitrogens with zero attached hydrogens (tertiary/aromatic N) is 3. The normalized spacial score (nSPS) is 11.9. The maximum absolute atomic E-state index is 11.1. The molecule has 146 valence electrons. The summed E-state index contributed by atoms with van der Waals surface area (Å²) in [5.41, 5.74) is 8.36. The van der Waals surface area contributed by atoms with E-state index < -0.39 is 5.91 Å². The molecule has 28 heavy (non-hydrogen) atoms. The van der Waals surface area contributed by atoms with Crippen molar-refractivity contribution in [2.75, 3.05) is 6.61 Å². The number of thiophene rings is 1. The quantitative estimate of drug-likeness (QED) is 0.477. The molecule has 0 aliphatic heterocycles. The Morgan fingerprint density at radius 2 is 2.14 bits per heavy atom. The topological polar surface area (TPSA) is 82.5 Å². The summed E-state index contributed by atoms with van der Waals surface area (Å²) in [6, 6.07) is 8.38. The molecule has 0 fully saturated rings. The zero-order valence-electron chi connectivity index (χ0n) is 16.3. The lowest BCUT2D eigenvalue weighted by Gasteiger charge is -2.12. The van der Waals surface area contributed by atoms with Crippen LogP contribution in [0.2, 0.25) is 0 Å². The minimum atomic E-state index is -0.425. The van der Waals surface area contributed by atoms with Gasteiger partial charge in [-0.25, -0.2) is 9.98 Å². The zero-order chi connectivity index (χ0) is 20.3. The van der Waals surface area contributed by atoms with E-state index in [0.29, 0.717) is 17.3 Å². The van der Waals surface area contributed by atoms with Crippen LogP contribution >= 0.6 is 11.3 Å². The molecule has 3 rings (SSSR count). The van der Waals surface area contributed by atoms with E-state index in [0.717, 1.165) is 16.6 Å². The van der Waals surface area contributed by atoms with Gasteiger partial charge in [-0.2, -0.15) is 0 Å². The largest absolute Gasteiger partial charge is 0.476 e. The Morgan fingerprint density at radius 1 is 1.39 bits per heavy atom. The lowest BCUT2D eigenvalue weighted by atomic mass is 10.1. The number of ether oxygens (including phenoxy) is 1. The number of nitrogens with two attached hydrogens (primary N) is 1. The number of benzene rings is 1. The molecule has 0 aliphatic carbocycles. The van der Waals surface area contributed by atoms with Crippen molar-refractivity contribution >= 4 is 38.9 Å². The average Bonchev–Trinajstić information content (AvgIpc) is 3.24. The Bertz CT molecular complexity index is 1050. The Balaban J connectivity index is 1.98. The monoisotopic (exact) mass is 396 g/mol. The van der Waals surface area contributed by atoms with Gasteiger partial charge in [-0.3, -0.25) is 4.79 Å². The second-order valence-electron chi connectivity index (χ2n) is 6.75. The summed E-state index contributed by atoms with van der Waals surface area (Å²) in [5.74, 6) is -0.0788. The van der Waals surface area contributed by atoms with Gasteiger partial charge in [0.25, 0.3) is 0 Å². The SMILES string of the molecule is C=C(/N=C(/OCCC(N)=O)c1ncn(C(C)C)c1C)c1csc2ccccc12. The van der Waals surface area contributed by atoms with Gasteiger partial charge in [-0.15, -0.1) is 11.3 Å². The van der Waals surface area contributed by atoms with Crippen LogP contribution in [0.25, 0.3) is 15.8 Å². The zero-order valence-corrected chi connectivity index (χ0v) is 17.1. The fourth-order valence-electron chi connectivity index (χ4n) is 2.94. The molecule has 0 aliphatic rings. The van der Waals surface area contributed by atoms with E-state index in [9.17, 15) is 4.79 Å². The van der Waals surface area contributed by atoms with Crippen LogP contribution in [0.4, 0.5) is 0 Å². The Hall–Kier alpha value is -2.93. The van der Waals surface area contributed by atoms with Crippen LogP contribution in [0.3, 0.4) is 0 Å². The van der Waals surface area contributed by atoms with Crippen molar-refractivity contribution < 1.29 is 9.53 Å². The third kappa shape index (κ3) is 4.14. The van der Waals surface area contributed by atoms with Crippen LogP contribution in [0.15, 0.2) is 47.5 Å². The number of amides is 1. The molecule has 0 saturated carbocycles. The molecule has 0 radical (unpaired) electrons. The van der Waals surface area contributed by atoms with Crippen LogP contribution in [0, 0.1) is 6.92 Å². The smallest absolute Gasteiger partial charge is 0.242 e. The first kappa shape index (κ1) is 19.8. The van der Waals surface area contributed by atoms with Crippen LogP contribution in [-0.2, 0) is 9.53 Å². The fraction of sp³-hybridized carbons (Fsp3) is 0.286. The van der Waals surface area contributed by atoms with E-state index in [-0.39, 0.29) is 19.1 Å². The molecule has 2 aromatic heterocycles. The lowest BCUT2D eigenvalue weighted by molar-refractivity contribution is -0.118. The Morgan fingerprint density at radius 3 is 2.82 bits per heavy atom. The highest BCUT2D eigenvalue weighted by Crippen LogP contribution is 2.31. The number of fused-ring (bicyclic) bond motifs is 1. The predicted octanol–water partition coefficient (Wildman–Crippen LogP) is 4.30. The molecular formula is C21H24N4O2S. The second kappa shape index (κ2) is 8.39. The average molecular weight is 397 g/mol. The van der Waals surface area contributed by atoms with Gasteiger partial charge in [0.1, 0.15) is 5.69 Å². The molecule has 1 amide bonds. The molecular weight excluding hydrogens is 372 g/mol. The number of carbonyl (C=O) groups is 1. The van der Waals surface area contributed by atoms with E-state index >= 15 is 0 Å². The molecule has 1 aromatic carbocycles. The summed E-state index contributed by atoms with van der Waals surface area (Å²) < 4.78 is 9.03. The lowest BCUT2D eigenvalue weighted by Crippen LogP contribution is -2.17. The summed E-state index contributed by atoms with van der Waals surface area (Å²) in [7, 11) is 0. The van der Waals surface area contributed by atoms with Crippen LogP contribution in [-0.4, -0.2) is 28.0 Å². The number of aliphatic imine (C=N–C) groups is 1. The Kier molecular flexibility index (Phi) is 5.94. The highest BCUT2D eigenvalue weighted by atomic mass is 32.1. The van der Waals surface area contributed by atoms with Crippen LogP contribution in [0.1, 0.15) is 43.3 Å². The van der Waals surface area contributed by atoms with Crippen molar-refractivity contribution in [3.63, 3.8) is 0 Å². The van der Waals surface area contributed by atoms with Crippen molar-refractivity contribution in [3.05, 3.63) is 59.5 Å². The minimum Gasteiger partial charge on any atom is -0.476 e. The third-order valence-corrected chi connectivity index (χ3v) is 5.38. The van der Waals surface area contributed by atoms with E-state index in [2.05, 4.69) is 36.5 Å². The molecule has 3 aromatic rings. The summed E-state index contributed by atoms with van der Waals surface area (Å²) in [4.78, 5) is 20.2. The molecule has 0 saturated heterocycles. The van der Waals surface area contributed by atoms with Gasteiger partial charge in [-0.05, 0) is 26.8 Å². The molecule has 6 nitrogen and oxygen atoms in total. The molecule has 0 unspecified atom stereocenters. The Labute approximate surface area is 168 Å². The number of hydrogen-bond donors (Lipinski definition) is 1. The first-order chi connectivity index (χ1) is 13.4. The molecule has 0 bridgehead atoms. The highest BCUT2D eigenvalue weighted by molar-refractivity contribution is 7.17. The van der Waals surface area contributed by atoms with Gasteiger partial charge >= 0.3 is 0 Å². The third-order valence-electron chi connectivity index (χ3n) is 4.42. The van der Waals surface area contributed by atoms with Crippen molar-refractivity contribution in [2.24, 2.45) is 10.7 Å². The van der Waals surface area contributed by atoms with Gasteiger partial charge in [0.05, 0.1) is 25.1 Å². The maximum Gasteiger partial charge on any atom is 0.242 e. The van der Waals surface area contributed by atoms with Crippen molar-refractivity contribution in [1.29, 1.82) is 0 Å². The fourth-order valence-corrected chi connectivity index (χ4v) is 3.91. The summed E-state index contributed by atoms with van der Waals surface area (Å²) in [6.07, 6.45) is 1.88. The number of carbonyl (C=O) groups excluding carboxylic acids is 1. The highest BCUT2D eigenvalue weighted by Gasteiger charge is 2.18. The van der Waals surface area contributed by atoms with Crippen molar-refractivity contribution in [3.8, 4) is 0 Å². The van der Waals surface area contributed by atoms with Crippen molar-refractivity contribution in [2.45, 2.75) is 33.2 Å². The molecule has 2 N–H and O–H groups in total. The number of rotatable bonds is 7. The van der Waals surface area contributed by atoms with Crippen molar-refractivity contribution in [1.82, 2.24) is 9.55 Å². The van der Waals surface area contributed by atoms with Gasteiger partial charge < -0.3 is 15.0 Å². The first-order valence-corrected chi connectivity index (χ1v) is 9.95. The summed E-state index contributed by atoms with van der Waals surface area (Å²) in [5, 5.41) is 3.14. The molecule has 7 heteroatoms. The van der Waals surface area contributed by atoms with E-state index in [4.69, 9.17) is 10.5 Å². The summed E-state index contributed by atoms with van der Waals surface area (Å²) in [6.45, 7) is 10.4.